The summed E-state index contributed by atoms with van der Waals surface area (Å²) < 4.78 is 1.18. The molecule has 17 heavy (non-hydrogen) atoms. The third-order valence-electron chi connectivity index (χ3n) is 2.78. The lowest BCUT2D eigenvalue weighted by molar-refractivity contribution is 1.11. The molecule has 88 valence electrons. The van der Waals surface area contributed by atoms with Gasteiger partial charge in [-0.15, -0.1) is 11.3 Å². The number of thiophene rings is 1. The molecule has 2 rings (SSSR count). The lowest BCUT2D eigenvalue weighted by Gasteiger charge is -1.97. The first-order valence-electron chi connectivity index (χ1n) is 5.65. The van der Waals surface area contributed by atoms with Crippen molar-refractivity contribution in [3.05, 3.63) is 40.3 Å². The standard InChI is InChI=1S/C14H16N2S/c1-3-9(2)6-10-4-5-12-11(7-10)8-13(17-12)14(15)16/h4-8H,3H2,1-2H3,(H3,15,16). The smallest absolute Gasteiger partial charge is 0.133 e. The molecule has 0 fully saturated rings. The number of rotatable bonds is 3. The van der Waals surface area contributed by atoms with E-state index >= 15 is 0 Å². The maximum atomic E-state index is 7.44. The molecule has 3 N–H and O–H groups in total. The molecule has 0 unspecified atom stereocenters. The zero-order chi connectivity index (χ0) is 12.4. The van der Waals surface area contributed by atoms with E-state index in [-0.39, 0.29) is 5.84 Å². The van der Waals surface area contributed by atoms with Gasteiger partial charge < -0.3 is 5.73 Å². The first kappa shape index (κ1) is 11.9. The van der Waals surface area contributed by atoms with Crippen LogP contribution in [0.5, 0.6) is 0 Å². The Morgan fingerprint density at radius 2 is 2.18 bits per heavy atom. The van der Waals surface area contributed by atoms with Crippen LogP contribution in [0.1, 0.15) is 30.7 Å². The lowest BCUT2D eigenvalue weighted by Crippen LogP contribution is -2.08. The van der Waals surface area contributed by atoms with Crippen molar-refractivity contribution in [3.63, 3.8) is 0 Å². The van der Waals surface area contributed by atoms with Crippen molar-refractivity contribution in [1.29, 1.82) is 5.41 Å². The molecule has 0 spiro atoms. The second kappa shape index (κ2) is 4.72. The molecule has 1 heterocycles. The summed E-state index contributed by atoms with van der Waals surface area (Å²) in [6, 6.07) is 8.35. The van der Waals surface area contributed by atoms with Crippen molar-refractivity contribution < 1.29 is 0 Å². The Morgan fingerprint density at radius 3 is 2.82 bits per heavy atom. The van der Waals surface area contributed by atoms with E-state index in [4.69, 9.17) is 11.1 Å². The van der Waals surface area contributed by atoms with Crippen molar-refractivity contribution in [1.82, 2.24) is 0 Å². The minimum atomic E-state index is 0.146. The van der Waals surface area contributed by atoms with E-state index in [1.807, 2.05) is 6.07 Å². The van der Waals surface area contributed by atoms with Crippen LogP contribution < -0.4 is 5.73 Å². The molecule has 0 atom stereocenters. The van der Waals surface area contributed by atoms with Crippen LogP contribution in [-0.2, 0) is 0 Å². The van der Waals surface area contributed by atoms with Crippen molar-refractivity contribution in [2.24, 2.45) is 5.73 Å². The van der Waals surface area contributed by atoms with Gasteiger partial charge in [0, 0.05) is 4.70 Å². The predicted octanol–water partition coefficient (Wildman–Crippen LogP) is 4.00. The molecule has 0 saturated carbocycles. The molecule has 1 aromatic heterocycles. The highest BCUT2D eigenvalue weighted by molar-refractivity contribution is 7.20. The molecule has 0 bridgehead atoms. The van der Waals surface area contributed by atoms with Gasteiger partial charge >= 0.3 is 0 Å². The van der Waals surface area contributed by atoms with E-state index in [0.717, 1.165) is 16.7 Å². The van der Waals surface area contributed by atoms with Gasteiger partial charge in [-0.1, -0.05) is 24.6 Å². The van der Waals surface area contributed by atoms with Crippen LogP contribution >= 0.6 is 11.3 Å². The summed E-state index contributed by atoms with van der Waals surface area (Å²) >= 11 is 1.57. The predicted molar refractivity (Wildman–Crippen MR) is 76.8 cm³/mol. The quantitative estimate of drug-likeness (QED) is 0.622. The SMILES string of the molecule is CCC(C)=Cc1ccc2sc(C(=N)N)cc2c1. The Hall–Kier alpha value is -1.61. The summed E-state index contributed by atoms with van der Waals surface area (Å²) in [4.78, 5) is 0.841. The zero-order valence-electron chi connectivity index (χ0n) is 10.1. The number of allylic oxidation sites excluding steroid dienone is 1. The number of hydrogen-bond donors (Lipinski definition) is 2. The van der Waals surface area contributed by atoms with Crippen molar-refractivity contribution in [3.8, 4) is 0 Å². The second-order valence-electron chi connectivity index (χ2n) is 4.17. The normalized spacial score (nSPS) is 12.0. The highest BCUT2D eigenvalue weighted by atomic mass is 32.1. The number of hydrogen-bond acceptors (Lipinski definition) is 2. The Bertz CT molecular complexity index is 593. The number of amidine groups is 1. The Morgan fingerprint density at radius 1 is 1.41 bits per heavy atom. The van der Waals surface area contributed by atoms with Gasteiger partial charge in [-0.25, -0.2) is 0 Å². The van der Waals surface area contributed by atoms with Gasteiger partial charge in [0.2, 0.25) is 0 Å². The molecule has 1 aromatic carbocycles. The molecule has 0 aliphatic carbocycles. The first-order valence-corrected chi connectivity index (χ1v) is 6.47. The molecule has 0 amide bonds. The van der Waals surface area contributed by atoms with E-state index < -0.39 is 0 Å². The maximum absolute atomic E-state index is 7.44. The maximum Gasteiger partial charge on any atom is 0.133 e. The van der Waals surface area contributed by atoms with Gasteiger partial charge in [0.25, 0.3) is 0 Å². The van der Waals surface area contributed by atoms with E-state index in [2.05, 4.69) is 38.1 Å². The van der Waals surface area contributed by atoms with E-state index in [0.29, 0.717) is 0 Å². The van der Waals surface area contributed by atoms with Crippen molar-refractivity contribution >= 4 is 33.3 Å². The monoisotopic (exact) mass is 244 g/mol. The highest BCUT2D eigenvalue weighted by Gasteiger charge is 2.04. The number of nitrogens with one attached hydrogen (secondary N) is 1. The average molecular weight is 244 g/mol. The summed E-state index contributed by atoms with van der Waals surface area (Å²) in [6.45, 7) is 4.29. The molecule has 0 radical (unpaired) electrons. The molecular formula is C14H16N2S. The Kier molecular flexibility index (Phi) is 3.29. The fourth-order valence-corrected chi connectivity index (χ4v) is 2.58. The van der Waals surface area contributed by atoms with E-state index in [1.54, 1.807) is 11.3 Å². The van der Waals surface area contributed by atoms with Crippen LogP contribution in [0, 0.1) is 5.41 Å². The van der Waals surface area contributed by atoms with Gasteiger partial charge in [-0.3, -0.25) is 5.41 Å². The number of benzene rings is 1. The third kappa shape index (κ3) is 2.56. The van der Waals surface area contributed by atoms with Gasteiger partial charge in [-0.2, -0.15) is 0 Å². The van der Waals surface area contributed by atoms with Crippen LogP contribution in [0.25, 0.3) is 16.2 Å². The fourth-order valence-electron chi connectivity index (χ4n) is 1.67. The van der Waals surface area contributed by atoms with E-state index in [1.165, 1.54) is 15.8 Å². The minimum absolute atomic E-state index is 0.146. The second-order valence-corrected chi connectivity index (χ2v) is 5.25. The average Bonchev–Trinajstić information content (AvgIpc) is 2.72. The van der Waals surface area contributed by atoms with Crippen molar-refractivity contribution in [2.45, 2.75) is 20.3 Å². The van der Waals surface area contributed by atoms with Gasteiger partial charge in [0.15, 0.2) is 0 Å². The Labute approximate surface area is 105 Å². The minimum Gasteiger partial charge on any atom is -0.383 e. The summed E-state index contributed by atoms with van der Waals surface area (Å²) in [5.74, 6) is 0.146. The summed E-state index contributed by atoms with van der Waals surface area (Å²) in [7, 11) is 0. The fraction of sp³-hybridized carbons (Fsp3) is 0.214. The van der Waals surface area contributed by atoms with Crippen LogP contribution in [0.15, 0.2) is 29.8 Å². The van der Waals surface area contributed by atoms with Crippen LogP contribution in [-0.4, -0.2) is 5.84 Å². The number of nitrogens with two attached hydrogens (primary N) is 1. The van der Waals surface area contributed by atoms with Gasteiger partial charge in [0.05, 0.1) is 4.88 Å². The zero-order valence-corrected chi connectivity index (χ0v) is 10.9. The molecule has 2 nitrogen and oxygen atoms in total. The van der Waals surface area contributed by atoms with E-state index in [9.17, 15) is 0 Å². The Balaban J connectivity index is 2.47. The van der Waals surface area contributed by atoms with Crippen LogP contribution in [0.3, 0.4) is 0 Å². The molecule has 2 aromatic rings. The number of fused-ring (bicyclic) bond motifs is 1. The molecule has 0 saturated heterocycles. The summed E-state index contributed by atoms with van der Waals surface area (Å²) in [5.41, 5.74) is 8.08. The topological polar surface area (TPSA) is 49.9 Å². The van der Waals surface area contributed by atoms with Gasteiger partial charge in [-0.05, 0) is 42.5 Å². The first-order chi connectivity index (χ1) is 8.10. The van der Waals surface area contributed by atoms with Crippen LogP contribution in [0.2, 0.25) is 0 Å². The largest absolute Gasteiger partial charge is 0.383 e. The molecular weight excluding hydrogens is 228 g/mol. The molecule has 0 aliphatic rings. The van der Waals surface area contributed by atoms with Crippen LogP contribution in [0.4, 0.5) is 0 Å². The molecule has 3 heteroatoms. The lowest BCUT2D eigenvalue weighted by atomic mass is 10.1. The summed E-state index contributed by atoms with van der Waals surface area (Å²) in [5, 5.41) is 8.61. The summed E-state index contributed by atoms with van der Waals surface area (Å²) in [6.07, 6.45) is 3.27. The highest BCUT2D eigenvalue weighted by Crippen LogP contribution is 2.27. The van der Waals surface area contributed by atoms with Crippen molar-refractivity contribution in [2.75, 3.05) is 0 Å². The molecule has 0 aliphatic heterocycles. The van der Waals surface area contributed by atoms with Gasteiger partial charge in [0.1, 0.15) is 5.84 Å². The number of nitrogen functional groups attached to an aromatic ring is 1. The third-order valence-corrected chi connectivity index (χ3v) is 3.93.